The van der Waals surface area contributed by atoms with Gasteiger partial charge in [-0.3, -0.25) is 4.79 Å². The Morgan fingerprint density at radius 3 is 2.50 bits per heavy atom. The molecule has 3 heteroatoms. The third-order valence-corrected chi connectivity index (χ3v) is 2.72. The van der Waals surface area contributed by atoms with E-state index in [4.69, 9.17) is 0 Å². The van der Waals surface area contributed by atoms with Gasteiger partial charge in [-0.05, 0) is 39.3 Å². The van der Waals surface area contributed by atoms with Gasteiger partial charge in [-0.25, -0.2) is 0 Å². The number of carbonyl (C=O) groups is 1. The topological polar surface area (TPSA) is 41.1 Å². The van der Waals surface area contributed by atoms with Crippen LogP contribution in [-0.2, 0) is 0 Å². The van der Waals surface area contributed by atoms with Gasteiger partial charge in [0, 0.05) is 17.8 Å². The normalized spacial score (nSPS) is 12.3. The van der Waals surface area contributed by atoms with E-state index in [1.807, 2.05) is 31.2 Å². The number of hydrogen-bond acceptors (Lipinski definition) is 2. The average molecular weight is 248 g/mol. The number of hydrogen-bond donors (Lipinski definition) is 2. The van der Waals surface area contributed by atoms with E-state index in [2.05, 4.69) is 31.4 Å². The number of para-hydroxylation sites is 1. The minimum absolute atomic E-state index is 0.000278. The zero-order valence-corrected chi connectivity index (χ0v) is 11.8. The lowest BCUT2D eigenvalue weighted by Crippen LogP contribution is -2.33. The second-order valence-corrected chi connectivity index (χ2v) is 5.01. The zero-order valence-electron chi connectivity index (χ0n) is 11.8. The fourth-order valence-electron chi connectivity index (χ4n) is 1.92. The molecule has 0 aromatic heterocycles. The molecule has 1 amide bonds. The van der Waals surface area contributed by atoms with Crippen LogP contribution in [0.4, 0.5) is 5.69 Å². The lowest BCUT2D eigenvalue weighted by atomic mass is 10.1. The van der Waals surface area contributed by atoms with E-state index in [9.17, 15) is 4.79 Å². The van der Waals surface area contributed by atoms with Crippen LogP contribution in [0.3, 0.4) is 0 Å². The number of anilines is 1. The number of amides is 1. The highest BCUT2D eigenvalue weighted by molar-refractivity contribution is 5.99. The van der Waals surface area contributed by atoms with Crippen molar-refractivity contribution in [2.45, 2.75) is 52.6 Å². The van der Waals surface area contributed by atoms with E-state index in [1.165, 1.54) is 0 Å². The molecule has 0 aliphatic carbocycles. The summed E-state index contributed by atoms with van der Waals surface area (Å²) in [6.07, 6.45) is 2.08. The summed E-state index contributed by atoms with van der Waals surface area (Å²) in [6, 6.07) is 8.17. The first kappa shape index (κ1) is 14.6. The minimum Gasteiger partial charge on any atom is -0.382 e. The molecule has 0 heterocycles. The van der Waals surface area contributed by atoms with Crippen LogP contribution in [0.2, 0.25) is 0 Å². The van der Waals surface area contributed by atoms with Crippen molar-refractivity contribution in [3.8, 4) is 0 Å². The summed E-state index contributed by atoms with van der Waals surface area (Å²) in [5, 5.41) is 6.33. The fourth-order valence-corrected chi connectivity index (χ4v) is 1.92. The molecule has 0 radical (unpaired) electrons. The van der Waals surface area contributed by atoms with Crippen LogP contribution in [0.15, 0.2) is 24.3 Å². The third kappa shape index (κ3) is 4.40. The summed E-state index contributed by atoms with van der Waals surface area (Å²) in [7, 11) is 0. The van der Waals surface area contributed by atoms with Crippen LogP contribution in [-0.4, -0.2) is 18.0 Å². The summed E-state index contributed by atoms with van der Waals surface area (Å²) >= 11 is 0. The lowest BCUT2D eigenvalue weighted by molar-refractivity contribution is 0.0939. The minimum atomic E-state index is -0.000278. The van der Waals surface area contributed by atoms with E-state index in [0.29, 0.717) is 11.6 Å². The lowest BCUT2D eigenvalue weighted by Gasteiger charge is -2.17. The van der Waals surface area contributed by atoms with Gasteiger partial charge in [-0.2, -0.15) is 0 Å². The van der Waals surface area contributed by atoms with E-state index in [0.717, 1.165) is 18.5 Å². The first-order valence-electron chi connectivity index (χ1n) is 6.71. The Morgan fingerprint density at radius 2 is 1.89 bits per heavy atom. The van der Waals surface area contributed by atoms with Gasteiger partial charge < -0.3 is 10.6 Å². The van der Waals surface area contributed by atoms with Crippen LogP contribution in [0.25, 0.3) is 0 Å². The highest BCUT2D eigenvalue weighted by Gasteiger charge is 2.13. The monoisotopic (exact) mass is 248 g/mol. The van der Waals surface area contributed by atoms with Crippen molar-refractivity contribution in [2.75, 3.05) is 5.32 Å². The van der Waals surface area contributed by atoms with Gasteiger partial charge in [-0.1, -0.05) is 25.5 Å². The van der Waals surface area contributed by atoms with Crippen LogP contribution < -0.4 is 10.6 Å². The highest BCUT2D eigenvalue weighted by atomic mass is 16.1. The number of nitrogens with one attached hydrogen (secondary N) is 2. The van der Waals surface area contributed by atoms with Gasteiger partial charge in [0.05, 0.1) is 5.56 Å². The summed E-state index contributed by atoms with van der Waals surface area (Å²) in [5.41, 5.74) is 1.61. The molecule has 100 valence electrons. The Bertz CT molecular complexity index is 388. The molecular weight excluding hydrogens is 224 g/mol. The maximum absolute atomic E-state index is 12.2. The van der Waals surface area contributed by atoms with Crippen LogP contribution in [0.5, 0.6) is 0 Å². The van der Waals surface area contributed by atoms with Gasteiger partial charge >= 0.3 is 0 Å². The summed E-state index contributed by atoms with van der Waals surface area (Å²) in [6.45, 7) is 8.29. The van der Waals surface area contributed by atoms with Gasteiger partial charge in [0.25, 0.3) is 5.91 Å². The van der Waals surface area contributed by atoms with Gasteiger partial charge in [0.15, 0.2) is 0 Å². The second-order valence-electron chi connectivity index (χ2n) is 5.01. The Morgan fingerprint density at radius 1 is 1.22 bits per heavy atom. The standard InChI is InChI=1S/C15H24N2O/c1-5-8-12(4)17-15(18)13-9-6-7-10-14(13)16-11(2)3/h6-7,9-12,16H,5,8H2,1-4H3,(H,17,18). The summed E-state index contributed by atoms with van der Waals surface area (Å²) in [4.78, 5) is 12.2. The zero-order chi connectivity index (χ0) is 13.5. The average Bonchev–Trinajstić information content (AvgIpc) is 2.28. The van der Waals surface area contributed by atoms with E-state index >= 15 is 0 Å². The van der Waals surface area contributed by atoms with Crippen LogP contribution in [0.1, 0.15) is 50.9 Å². The van der Waals surface area contributed by atoms with Crippen molar-refractivity contribution < 1.29 is 4.79 Å². The predicted molar refractivity (Wildman–Crippen MR) is 77.0 cm³/mol. The first-order valence-corrected chi connectivity index (χ1v) is 6.71. The number of benzene rings is 1. The number of carbonyl (C=O) groups excluding carboxylic acids is 1. The van der Waals surface area contributed by atoms with Crippen molar-refractivity contribution in [2.24, 2.45) is 0 Å². The molecule has 0 saturated carbocycles. The molecule has 1 aromatic carbocycles. The van der Waals surface area contributed by atoms with E-state index in [1.54, 1.807) is 0 Å². The highest BCUT2D eigenvalue weighted by Crippen LogP contribution is 2.16. The Kier molecular flexibility index (Phi) is 5.69. The molecule has 18 heavy (non-hydrogen) atoms. The molecule has 0 spiro atoms. The van der Waals surface area contributed by atoms with E-state index < -0.39 is 0 Å². The van der Waals surface area contributed by atoms with Gasteiger partial charge in [0.2, 0.25) is 0 Å². The molecule has 1 rings (SSSR count). The fraction of sp³-hybridized carbons (Fsp3) is 0.533. The van der Waals surface area contributed by atoms with Crippen molar-refractivity contribution in [3.05, 3.63) is 29.8 Å². The van der Waals surface area contributed by atoms with Gasteiger partial charge in [-0.15, -0.1) is 0 Å². The summed E-state index contributed by atoms with van der Waals surface area (Å²) < 4.78 is 0. The third-order valence-electron chi connectivity index (χ3n) is 2.72. The maximum atomic E-state index is 12.2. The van der Waals surface area contributed by atoms with Crippen molar-refractivity contribution in [1.82, 2.24) is 5.32 Å². The summed E-state index contributed by atoms with van der Waals surface area (Å²) in [5.74, 6) is -0.000278. The van der Waals surface area contributed by atoms with Crippen molar-refractivity contribution in [3.63, 3.8) is 0 Å². The van der Waals surface area contributed by atoms with E-state index in [-0.39, 0.29) is 11.9 Å². The molecule has 1 unspecified atom stereocenters. The first-order chi connectivity index (χ1) is 8.54. The molecule has 2 N–H and O–H groups in total. The Balaban J connectivity index is 2.78. The smallest absolute Gasteiger partial charge is 0.253 e. The Labute approximate surface area is 110 Å². The molecule has 0 bridgehead atoms. The molecule has 3 nitrogen and oxygen atoms in total. The van der Waals surface area contributed by atoms with Crippen LogP contribution in [0, 0.1) is 0 Å². The quantitative estimate of drug-likeness (QED) is 0.810. The molecule has 0 aliphatic rings. The van der Waals surface area contributed by atoms with Crippen molar-refractivity contribution >= 4 is 11.6 Å². The molecule has 0 saturated heterocycles. The largest absolute Gasteiger partial charge is 0.382 e. The van der Waals surface area contributed by atoms with Crippen LogP contribution >= 0.6 is 0 Å². The van der Waals surface area contributed by atoms with Crippen molar-refractivity contribution in [1.29, 1.82) is 0 Å². The Hall–Kier alpha value is -1.51. The molecular formula is C15H24N2O. The number of rotatable bonds is 6. The second kappa shape index (κ2) is 7.04. The van der Waals surface area contributed by atoms with Gasteiger partial charge in [0.1, 0.15) is 0 Å². The predicted octanol–water partition coefficient (Wildman–Crippen LogP) is 3.43. The molecule has 0 aliphatic heterocycles. The molecule has 1 atom stereocenters. The SMILES string of the molecule is CCCC(C)NC(=O)c1ccccc1NC(C)C. The molecule has 0 fully saturated rings. The molecule has 1 aromatic rings. The maximum Gasteiger partial charge on any atom is 0.253 e.